The average Bonchev–Trinajstić information content (AvgIpc) is 2.47. The fourth-order valence-electron chi connectivity index (χ4n) is 3.37. The fourth-order valence-corrected chi connectivity index (χ4v) is 3.56. The minimum Gasteiger partial charge on any atom is -0.369 e. The molecule has 21 heavy (non-hydrogen) atoms. The SMILES string of the molecule is CNCC1(OCc2ccccc2Cl)CCC(C(C)C)CC1. The third-order valence-corrected chi connectivity index (χ3v) is 5.24. The minimum absolute atomic E-state index is 0.0285. The molecule has 2 nitrogen and oxygen atoms in total. The number of benzene rings is 1. The summed E-state index contributed by atoms with van der Waals surface area (Å²) in [6.45, 7) is 6.19. The van der Waals surface area contributed by atoms with Crippen LogP contribution in [0.2, 0.25) is 5.02 Å². The highest BCUT2D eigenvalue weighted by molar-refractivity contribution is 6.31. The number of nitrogens with one attached hydrogen (secondary N) is 1. The van der Waals surface area contributed by atoms with Crippen LogP contribution in [0.25, 0.3) is 0 Å². The van der Waals surface area contributed by atoms with E-state index in [1.165, 1.54) is 12.8 Å². The van der Waals surface area contributed by atoms with E-state index < -0.39 is 0 Å². The average molecular weight is 310 g/mol. The van der Waals surface area contributed by atoms with Gasteiger partial charge in [-0.25, -0.2) is 0 Å². The van der Waals surface area contributed by atoms with E-state index in [-0.39, 0.29) is 5.60 Å². The van der Waals surface area contributed by atoms with Gasteiger partial charge < -0.3 is 10.1 Å². The molecular formula is C18H28ClNO. The molecule has 1 fully saturated rings. The Labute approximate surface area is 134 Å². The molecule has 1 saturated carbocycles. The van der Waals surface area contributed by atoms with Crippen molar-refractivity contribution in [3.05, 3.63) is 34.9 Å². The van der Waals surface area contributed by atoms with Crippen molar-refractivity contribution in [2.75, 3.05) is 13.6 Å². The smallest absolute Gasteiger partial charge is 0.0810 e. The maximum Gasteiger partial charge on any atom is 0.0810 e. The quantitative estimate of drug-likeness (QED) is 0.825. The van der Waals surface area contributed by atoms with Crippen LogP contribution in [0, 0.1) is 11.8 Å². The molecule has 0 unspecified atom stereocenters. The third kappa shape index (κ3) is 4.45. The van der Waals surface area contributed by atoms with E-state index in [1.807, 2.05) is 25.2 Å². The normalized spacial score (nSPS) is 26.2. The standard InChI is InChI=1S/C18H28ClNO/c1-14(2)15-8-10-18(11-9-15,13-20-3)21-12-16-6-4-5-7-17(16)19/h4-7,14-15,20H,8-13H2,1-3H3. The molecule has 0 bridgehead atoms. The summed E-state index contributed by atoms with van der Waals surface area (Å²) in [4.78, 5) is 0. The van der Waals surface area contributed by atoms with E-state index in [0.29, 0.717) is 6.61 Å². The van der Waals surface area contributed by atoms with Crippen molar-refractivity contribution in [2.24, 2.45) is 11.8 Å². The zero-order chi connectivity index (χ0) is 15.3. The highest BCUT2D eigenvalue weighted by atomic mass is 35.5. The molecule has 0 aromatic heterocycles. The molecule has 0 heterocycles. The Balaban J connectivity index is 1.98. The van der Waals surface area contributed by atoms with E-state index in [0.717, 1.165) is 41.8 Å². The molecule has 1 aliphatic carbocycles. The maximum atomic E-state index is 6.36. The zero-order valence-electron chi connectivity index (χ0n) is 13.5. The topological polar surface area (TPSA) is 21.3 Å². The molecule has 0 atom stereocenters. The van der Waals surface area contributed by atoms with Gasteiger partial charge in [-0.3, -0.25) is 0 Å². The largest absolute Gasteiger partial charge is 0.369 e. The van der Waals surface area contributed by atoms with Crippen molar-refractivity contribution in [3.8, 4) is 0 Å². The Morgan fingerprint density at radius 2 is 1.95 bits per heavy atom. The van der Waals surface area contributed by atoms with Crippen LogP contribution in [0.4, 0.5) is 0 Å². The van der Waals surface area contributed by atoms with Gasteiger partial charge in [-0.05, 0) is 56.2 Å². The predicted octanol–water partition coefficient (Wildman–Crippen LogP) is 4.66. The monoisotopic (exact) mass is 309 g/mol. The van der Waals surface area contributed by atoms with Crippen molar-refractivity contribution in [3.63, 3.8) is 0 Å². The molecule has 0 amide bonds. The fraction of sp³-hybridized carbons (Fsp3) is 0.667. The van der Waals surface area contributed by atoms with Crippen LogP contribution >= 0.6 is 11.6 Å². The van der Waals surface area contributed by atoms with Gasteiger partial charge in [0.25, 0.3) is 0 Å². The van der Waals surface area contributed by atoms with Gasteiger partial charge in [0.05, 0.1) is 12.2 Å². The van der Waals surface area contributed by atoms with Crippen molar-refractivity contribution in [1.29, 1.82) is 0 Å². The summed E-state index contributed by atoms with van der Waals surface area (Å²) >= 11 is 6.23. The lowest BCUT2D eigenvalue weighted by molar-refractivity contribution is -0.0880. The van der Waals surface area contributed by atoms with Crippen LogP contribution in [0.5, 0.6) is 0 Å². The van der Waals surface area contributed by atoms with Crippen LogP contribution in [0.3, 0.4) is 0 Å². The molecule has 0 saturated heterocycles. The molecule has 2 rings (SSSR count). The molecule has 1 N–H and O–H groups in total. The van der Waals surface area contributed by atoms with Crippen LogP contribution in [-0.2, 0) is 11.3 Å². The Morgan fingerprint density at radius 1 is 1.29 bits per heavy atom. The summed E-state index contributed by atoms with van der Waals surface area (Å²) in [7, 11) is 2.01. The molecule has 0 spiro atoms. The second-order valence-electron chi connectivity index (χ2n) is 6.67. The lowest BCUT2D eigenvalue weighted by Crippen LogP contribution is -2.45. The van der Waals surface area contributed by atoms with Gasteiger partial charge in [-0.15, -0.1) is 0 Å². The molecule has 1 aliphatic rings. The van der Waals surface area contributed by atoms with Crippen LogP contribution in [0.15, 0.2) is 24.3 Å². The van der Waals surface area contributed by atoms with Crippen molar-refractivity contribution in [2.45, 2.75) is 51.7 Å². The number of halogens is 1. The van der Waals surface area contributed by atoms with Crippen LogP contribution in [0.1, 0.15) is 45.1 Å². The summed E-state index contributed by atoms with van der Waals surface area (Å²) in [5.41, 5.74) is 1.06. The van der Waals surface area contributed by atoms with E-state index in [1.54, 1.807) is 0 Å². The highest BCUT2D eigenvalue weighted by Gasteiger charge is 2.36. The Bertz CT molecular complexity index is 439. The predicted molar refractivity (Wildman–Crippen MR) is 89.7 cm³/mol. The van der Waals surface area contributed by atoms with Gasteiger partial charge in [-0.2, -0.15) is 0 Å². The van der Waals surface area contributed by atoms with Crippen LogP contribution < -0.4 is 5.32 Å². The van der Waals surface area contributed by atoms with Gasteiger partial charge in [-0.1, -0.05) is 43.6 Å². The summed E-state index contributed by atoms with van der Waals surface area (Å²) < 4.78 is 6.36. The first kappa shape index (κ1) is 16.8. The van der Waals surface area contributed by atoms with Crippen molar-refractivity contribution in [1.82, 2.24) is 5.32 Å². The molecule has 118 valence electrons. The summed E-state index contributed by atoms with van der Waals surface area (Å²) in [5.74, 6) is 1.63. The van der Waals surface area contributed by atoms with Crippen molar-refractivity contribution >= 4 is 11.6 Å². The maximum absolute atomic E-state index is 6.36. The first-order valence-corrected chi connectivity index (χ1v) is 8.46. The summed E-state index contributed by atoms with van der Waals surface area (Å²) in [6.07, 6.45) is 4.81. The van der Waals surface area contributed by atoms with Gasteiger partial charge in [0.15, 0.2) is 0 Å². The number of ether oxygens (including phenoxy) is 1. The van der Waals surface area contributed by atoms with Crippen LogP contribution in [-0.4, -0.2) is 19.2 Å². The number of rotatable bonds is 6. The molecular weight excluding hydrogens is 282 g/mol. The molecule has 0 radical (unpaired) electrons. The van der Waals surface area contributed by atoms with Gasteiger partial charge in [0.1, 0.15) is 0 Å². The molecule has 0 aliphatic heterocycles. The second kappa shape index (κ2) is 7.62. The highest BCUT2D eigenvalue weighted by Crippen LogP contribution is 2.38. The Morgan fingerprint density at radius 3 is 2.52 bits per heavy atom. The Hall–Kier alpha value is -0.570. The Kier molecular flexibility index (Phi) is 6.09. The molecule has 3 heteroatoms. The van der Waals surface area contributed by atoms with Gasteiger partial charge >= 0.3 is 0 Å². The van der Waals surface area contributed by atoms with E-state index >= 15 is 0 Å². The lowest BCUT2D eigenvalue weighted by Gasteiger charge is -2.41. The van der Waals surface area contributed by atoms with Gasteiger partial charge in [0, 0.05) is 11.6 Å². The minimum atomic E-state index is -0.0285. The zero-order valence-corrected chi connectivity index (χ0v) is 14.2. The number of hydrogen-bond donors (Lipinski definition) is 1. The van der Waals surface area contributed by atoms with E-state index in [4.69, 9.17) is 16.3 Å². The number of likely N-dealkylation sites (N-methyl/N-ethyl adjacent to an activating group) is 1. The molecule has 1 aromatic carbocycles. The first-order valence-electron chi connectivity index (χ1n) is 8.08. The summed E-state index contributed by atoms with van der Waals surface area (Å²) in [6, 6.07) is 7.96. The number of hydrogen-bond acceptors (Lipinski definition) is 2. The lowest BCUT2D eigenvalue weighted by atomic mass is 9.74. The first-order chi connectivity index (χ1) is 10.1. The van der Waals surface area contributed by atoms with Crippen molar-refractivity contribution < 1.29 is 4.74 Å². The van der Waals surface area contributed by atoms with E-state index in [9.17, 15) is 0 Å². The van der Waals surface area contributed by atoms with Gasteiger partial charge in [0.2, 0.25) is 0 Å². The summed E-state index contributed by atoms with van der Waals surface area (Å²) in [5, 5.41) is 4.11. The third-order valence-electron chi connectivity index (χ3n) is 4.87. The molecule has 1 aromatic rings. The second-order valence-corrected chi connectivity index (χ2v) is 7.08. The van der Waals surface area contributed by atoms with E-state index in [2.05, 4.69) is 25.2 Å².